The van der Waals surface area contributed by atoms with Gasteiger partial charge in [-0.2, -0.15) is 0 Å². The lowest BCUT2D eigenvalue weighted by atomic mass is 10.1. The summed E-state index contributed by atoms with van der Waals surface area (Å²) in [6.45, 7) is 6.91. The van der Waals surface area contributed by atoms with Crippen molar-refractivity contribution in [3.63, 3.8) is 0 Å². The zero-order chi connectivity index (χ0) is 10.8. The van der Waals surface area contributed by atoms with Crippen molar-refractivity contribution in [2.75, 3.05) is 6.73 Å². The molecule has 0 bridgehead atoms. The van der Waals surface area contributed by atoms with Crippen LogP contribution in [0.2, 0.25) is 0 Å². The molecular formula is C12H21NO. The van der Waals surface area contributed by atoms with Crippen LogP contribution in [0.3, 0.4) is 0 Å². The lowest BCUT2D eigenvalue weighted by Crippen LogP contribution is -2.13. The zero-order valence-electron chi connectivity index (χ0n) is 9.38. The average Bonchev–Trinajstić information content (AvgIpc) is 2.30. The zero-order valence-corrected chi connectivity index (χ0v) is 9.38. The molecule has 0 atom stereocenters. The van der Waals surface area contributed by atoms with Gasteiger partial charge in [-0.1, -0.05) is 45.0 Å². The first-order valence-electron chi connectivity index (χ1n) is 5.26. The summed E-state index contributed by atoms with van der Waals surface area (Å²) >= 11 is 0. The minimum absolute atomic E-state index is 0.0372. The van der Waals surface area contributed by atoms with Crippen molar-refractivity contribution >= 4 is 0 Å². The van der Waals surface area contributed by atoms with Crippen molar-refractivity contribution in [3.8, 4) is 0 Å². The molecule has 0 fully saturated rings. The van der Waals surface area contributed by atoms with E-state index < -0.39 is 0 Å². The molecule has 0 heterocycles. The second kappa shape index (κ2) is 8.73. The number of nitrogens with one attached hydrogen (secondary N) is 1. The van der Waals surface area contributed by atoms with Gasteiger partial charge in [-0.15, -0.1) is 0 Å². The van der Waals surface area contributed by atoms with E-state index in [1.165, 1.54) is 11.1 Å². The molecule has 1 rings (SSSR count). The summed E-state index contributed by atoms with van der Waals surface area (Å²) in [6, 6.07) is 8.41. The molecule has 1 aromatic carbocycles. The summed E-state index contributed by atoms with van der Waals surface area (Å²) in [4.78, 5) is 0. The van der Waals surface area contributed by atoms with Gasteiger partial charge in [0.15, 0.2) is 0 Å². The summed E-state index contributed by atoms with van der Waals surface area (Å²) in [5.74, 6) is 0. The van der Waals surface area contributed by atoms with Crippen LogP contribution in [0.1, 0.15) is 31.9 Å². The van der Waals surface area contributed by atoms with Crippen LogP contribution in [0, 0.1) is 0 Å². The van der Waals surface area contributed by atoms with Gasteiger partial charge in [0, 0.05) is 6.54 Å². The average molecular weight is 195 g/mol. The molecular weight excluding hydrogens is 174 g/mol. The first-order chi connectivity index (χ1) is 6.86. The SMILES string of the molecule is CC.CCc1ccc(CNCO)cc1. The van der Waals surface area contributed by atoms with Gasteiger partial charge in [-0.25, -0.2) is 0 Å². The minimum atomic E-state index is 0.0372. The molecule has 80 valence electrons. The Kier molecular flexibility index (Phi) is 8.19. The van der Waals surface area contributed by atoms with Crippen LogP contribution in [0.5, 0.6) is 0 Å². The van der Waals surface area contributed by atoms with Crippen LogP contribution in [-0.2, 0) is 13.0 Å². The van der Waals surface area contributed by atoms with Gasteiger partial charge in [0.05, 0.1) is 6.73 Å². The summed E-state index contributed by atoms with van der Waals surface area (Å²) in [5, 5.41) is 11.4. The van der Waals surface area contributed by atoms with E-state index >= 15 is 0 Å². The van der Waals surface area contributed by atoms with Crippen molar-refractivity contribution in [1.82, 2.24) is 5.32 Å². The minimum Gasteiger partial charge on any atom is -0.381 e. The molecule has 0 aliphatic rings. The van der Waals surface area contributed by atoms with E-state index in [2.05, 4.69) is 36.5 Å². The third-order valence-electron chi connectivity index (χ3n) is 1.87. The summed E-state index contributed by atoms with van der Waals surface area (Å²) in [7, 11) is 0. The Balaban J connectivity index is 0.000000791. The molecule has 2 N–H and O–H groups in total. The number of benzene rings is 1. The van der Waals surface area contributed by atoms with E-state index in [1.54, 1.807) is 0 Å². The Morgan fingerprint density at radius 2 is 1.57 bits per heavy atom. The van der Waals surface area contributed by atoms with Crippen molar-refractivity contribution in [2.24, 2.45) is 0 Å². The highest BCUT2D eigenvalue weighted by molar-refractivity contribution is 5.22. The van der Waals surface area contributed by atoms with Crippen molar-refractivity contribution in [1.29, 1.82) is 0 Å². The fourth-order valence-corrected chi connectivity index (χ4v) is 1.09. The van der Waals surface area contributed by atoms with Gasteiger partial charge in [0.25, 0.3) is 0 Å². The lowest BCUT2D eigenvalue weighted by molar-refractivity contribution is 0.259. The number of rotatable bonds is 4. The van der Waals surface area contributed by atoms with Gasteiger partial charge in [0.1, 0.15) is 0 Å². The van der Waals surface area contributed by atoms with Gasteiger partial charge in [-0.3, -0.25) is 5.32 Å². The summed E-state index contributed by atoms with van der Waals surface area (Å²) in [6.07, 6.45) is 1.08. The normalized spacial score (nSPS) is 9.14. The molecule has 0 saturated carbocycles. The topological polar surface area (TPSA) is 32.3 Å². The molecule has 2 nitrogen and oxygen atoms in total. The third-order valence-corrected chi connectivity index (χ3v) is 1.87. The maximum absolute atomic E-state index is 8.52. The first kappa shape index (κ1) is 13.1. The second-order valence-electron chi connectivity index (χ2n) is 2.75. The van der Waals surface area contributed by atoms with Gasteiger partial charge >= 0.3 is 0 Å². The van der Waals surface area contributed by atoms with Crippen LogP contribution in [0.4, 0.5) is 0 Å². The van der Waals surface area contributed by atoms with E-state index in [0.29, 0.717) is 0 Å². The lowest BCUT2D eigenvalue weighted by Gasteiger charge is -2.02. The van der Waals surface area contributed by atoms with Gasteiger partial charge in [-0.05, 0) is 17.5 Å². The maximum atomic E-state index is 8.52. The van der Waals surface area contributed by atoms with Crippen molar-refractivity contribution in [2.45, 2.75) is 33.7 Å². The van der Waals surface area contributed by atoms with Gasteiger partial charge < -0.3 is 5.11 Å². The molecule has 0 aliphatic heterocycles. The molecule has 0 aromatic heterocycles. The highest BCUT2D eigenvalue weighted by Crippen LogP contribution is 2.04. The number of aliphatic hydroxyl groups excluding tert-OH is 1. The maximum Gasteiger partial charge on any atom is 0.0934 e. The van der Waals surface area contributed by atoms with Crippen LogP contribution in [0.25, 0.3) is 0 Å². The highest BCUT2D eigenvalue weighted by Gasteiger charge is 1.91. The standard InChI is InChI=1S/C10H15NO.C2H6/c1-2-9-3-5-10(6-4-9)7-11-8-12;1-2/h3-6,11-12H,2,7-8H2,1H3;1-2H3. The van der Waals surface area contributed by atoms with Crippen LogP contribution in [0.15, 0.2) is 24.3 Å². The second-order valence-corrected chi connectivity index (χ2v) is 2.75. The van der Waals surface area contributed by atoms with Crippen LogP contribution < -0.4 is 5.32 Å². The van der Waals surface area contributed by atoms with Crippen LogP contribution >= 0.6 is 0 Å². The number of aliphatic hydroxyl groups is 1. The summed E-state index contributed by atoms with van der Waals surface area (Å²) in [5.41, 5.74) is 2.56. The Labute approximate surface area is 87.0 Å². The number of hydrogen-bond donors (Lipinski definition) is 2. The first-order valence-corrected chi connectivity index (χ1v) is 5.26. The van der Waals surface area contributed by atoms with Crippen molar-refractivity contribution < 1.29 is 5.11 Å². The summed E-state index contributed by atoms with van der Waals surface area (Å²) < 4.78 is 0. The molecule has 1 aromatic rings. The molecule has 0 unspecified atom stereocenters. The van der Waals surface area contributed by atoms with Crippen molar-refractivity contribution in [3.05, 3.63) is 35.4 Å². The fraction of sp³-hybridized carbons (Fsp3) is 0.500. The fourth-order valence-electron chi connectivity index (χ4n) is 1.09. The molecule has 2 heteroatoms. The van der Waals surface area contributed by atoms with E-state index in [4.69, 9.17) is 5.11 Å². The molecule has 14 heavy (non-hydrogen) atoms. The smallest absolute Gasteiger partial charge is 0.0934 e. The highest BCUT2D eigenvalue weighted by atomic mass is 16.3. The predicted octanol–water partition coefficient (Wildman–Crippen LogP) is 2.31. The van der Waals surface area contributed by atoms with E-state index in [0.717, 1.165) is 13.0 Å². The van der Waals surface area contributed by atoms with E-state index in [1.807, 2.05) is 13.8 Å². The van der Waals surface area contributed by atoms with Crippen LogP contribution in [-0.4, -0.2) is 11.8 Å². The number of hydrogen-bond acceptors (Lipinski definition) is 2. The van der Waals surface area contributed by atoms with E-state index in [9.17, 15) is 0 Å². The Morgan fingerprint density at radius 1 is 1.07 bits per heavy atom. The largest absolute Gasteiger partial charge is 0.381 e. The molecule has 0 saturated heterocycles. The monoisotopic (exact) mass is 195 g/mol. The predicted molar refractivity (Wildman–Crippen MR) is 61.1 cm³/mol. The molecule has 0 amide bonds. The number of aryl methyl sites for hydroxylation is 1. The Morgan fingerprint density at radius 3 is 2.00 bits per heavy atom. The third kappa shape index (κ3) is 5.00. The van der Waals surface area contributed by atoms with E-state index in [-0.39, 0.29) is 6.73 Å². The van der Waals surface area contributed by atoms with Gasteiger partial charge in [0.2, 0.25) is 0 Å². The molecule has 0 aliphatic carbocycles. The Hall–Kier alpha value is -0.860. The molecule has 0 radical (unpaired) electrons. The quantitative estimate of drug-likeness (QED) is 0.723. The molecule has 0 spiro atoms. The Bertz CT molecular complexity index is 218.